The number of carboxylic acid groups (broad SMARTS) is 1. The molecule has 0 aliphatic heterocycles. The lowest BCUT2D eigenvalue weighted by atomic mass is 9.84. The number of nitrogens with one attached hydrogen (secondary N) is 1. The van der Waals surface area contributed by atoms with Crippen molar-refractivity contribution in [1.82, 2.24) is 9.88 Å². The summed E-state index contributed by atoms with van der Waals surface area (Å²) < 4.78 is 5.80. The number of amides is 2. The molecule has 0 bridgehead atoms. The van der Waals surface area contributed by atoms with Gasteiger partial charge in [-0.1, -0.05) is 42.4 Å². The lowest BCUT2D eigenvalue weighted by Gasteiger charge is -2.42. The van der Waals surface area contributed by atoms with E-state index >= 15 is 0 Å². The first-order valence-corrected chi connectivity index (χ1v) is 14.5. The molecule has 1 aromatic rings. The van der Waals surface area contributed by atoms with Gasteiger partial charge >= 0.3 is 12.0 Å². The molecule has 3 aliphatic rings. The van der Waals surface area contributed by atoms with Gasteiger partial charge in [0.25, 0.3) is 0 Å². The molecule has 3 saturated carbocycles. The second-order valence-corrected chi connectivity index (χ2v) is 13.6. The zero-order valence-corrected chi connectivity index (χ0v) is 22.1. The topological polar surface area (TPSA) is 91.8 Å². The van der Waals surface area contributed by atoms with Gasteiger partial charge in [-0.3, -0.25) is 10.1 Å². The van der Waals surface area contributed by atoms with Gasteiger partial charge in [-0.05, 0) is 77.0 Å². The van der Waals surface area contributed by atoms with E-state index in [0.717, 1.165) is 61.9 Å². The van der Waals surface area contributed by atoms with E-state index in [9.17, 15) is 14.7 Å². The van der Waals surface area contributed by atoms with Gasteiger partial charge in [-0.2, -0.15) is 0 Å². The number of carbonyl (C=O) groups is 2. The molecule has 3 aliphatic carbocycles. The van der Waals surface area contributed by atoms with Gasteiger partial charge in [0.15, 0.2) is 5.13 Å². The van der Waals surface area contributed by atoms with Crippen LogP contribution in [0.2, 0.25) is 0 Å². The SMILES string of the molecule is CC(C)(Sc1cnc(NC(=O)N(C2CCCCC2)C2CCC(COCC3CC3)CC2)s1)C(=O)O. The zero-order valence-electron chi connectivity index (χ0n) is 20.5. The standard InChI is InChI=1S/C25H39N3O4S2/c1-25(2,22(29)30)34-21-14-26-23(33-21)27-24(31)28(19-6-4-3-5-7-19)20-12-10-18(11-13-20)16-32-15-17-8-9-17/h14,17-20H,3-13,15-16H2,1-2H3,(H,29,30)(H,26,27,31). The number of rotatable bonds is 10. The van der Waals surface area contributed by atoms with E-state index in [1.54, 1.807) is 20.0 Å². The Morgan fingerprint density at radius 2 is 1.65 bits per heavy atom. The molecule has 3 fully saturated rings. The summed E-state index contributed by atoms with van der Waals surface area (Å²) >= 11 is 2.60. The summed E-state index contributed by atoms with van der Waals surface area (Å²) in [5.41, 5.74) is 0. The number of ether oxygens (including phenoxy) is 1. The molecule has 1 aromatic heterocycles. The molecule has 4 rings (SSSR count). The fourth-order valence-electron chi connectivity index (χ4n) is 5.08. The molecule has 0 saturated heterocycles. The van der Waals surface area contributed by atoms with Crippen molar-refractivity contribution < 1.29 is 19.4 Å². The molecule has 7 nitrogen and oxygen atoms in total. The molecule has 34 heavy (non-hydrogen) atoms. The molecule has 0 radical (unpaired) electrons. The Morgan fingerprint density at radius 1 is 1.06 bits per heavy atom. The van der Waals surface area contributed by atoms with Crippen molar-refractivity contribution >= 4 is 40.2 Å². The summed E-state index contributed by atoms with van der Waals surface area (Å²) in [5, 5.41) is 13.0. The third-order valence-electron chi connectivity index (χ3n) is 7.39. The van der Waals surface area contributed by atoms with Gasteiger partial charge in [0.2, 0.25) is 0 Å². The van der Waals surface area contributed by atoms with Gasteiger partial charge in [0.1, 0.15) is 4.75 Å². The third kappa shape index (κ3) is 7.10. The van der Waals surface area contributed by atoms with Crippen molar-refractivity contribution in [2.45, 2.75) is 106 Å². The quantitative estimate of drug-likeness (QED) is 0.362. The summed E-state index contributed by atoms with van der Waals surface area (Å²) in [7, 11) is 0. The first kappa shape index (κ1) is 25.8. The van der Waals surface area contributed by atoms with Crippen molar-refractivity contribution in [2.24, 2.45) is 11.8 Å². The number of urea groups is 1. The number of hydrogen-bond acceptors (Lipinski definition) is 6. The highest BCUT2D eigenvalue weighted by atomic mass is 32.2. The number of carboxylic acids is 1. The highest BCUT2D eigenvalue weighted by molar-refractivity contribution is 8.03. The van der Waals surface area contributed by atoms with Gasteiger partial charge in [0, 0.05) is 25.3 Å². The second-order valence-electron chi connectivity index (χ2n) is 10.7. The molecule has 0 aromatic carbocycles. The van der Waals surface area contributed by atoms with E-state index in [-0.39, 0.29) is 12.1 Å². The third-order valence-corrected chi connectivity index (χ3v) is 9.58. The molecule has 9 heteroatoms. The number of hydrogen-bond donors (Lipinski definition) is 2. The Bertz CT molecular complexity index is 828. The van der Waals surface area contributed by atoms with E-state index in [0.29, 0.717) is 17.1 Å². The minimum atomic E-state index is -0.942. The molecule has 0 unspecified atom stereocenters. The summed E-state index contributed by atoms with van der Waals surface area (Å²) in [6.45, 7) is 5.14. The molecule has 1 heterocycles. The van der Waals surface area contributed by atoms with Crippen LogP contribution < -0.4 is 5.32 Å². The van der Waals surface area contributed by atoms with Crippen molar-refractivity contribution in [2.75, 3.05) is 18.5 Å². The number of carbonyl (C=O) groups excluding carboxylic acids is 1. The van der Waals surface area contributed by atoms with E-state index in [1.165, 1.54) is 55.2 Å². The number of aliphatic carboxylic acids is 1. The number of thioether (sulfide) groups is 1. The maximum Gasteiger partial charge on any atom is 0.324 e. The van der Waals surface area contributed by atoms with Gasteiger partial charge in [-0.15, -0.1) is 0 Å². The van der Waals surface area contributed by atoms with E-state index in [4.69, 9.17) is 4.74 Å². The van der Waals surface area contributed by atoms with Crippen LogP contribution in [0.3, 0.4) is 0 Å². The molecule has 0 spiro atoms. The van der Waals surface area contributed by atoms with E-state index in [2.05, 4.69) is 15.2 Å². The predicted molar refractivity (Wildman–Crippen MR) is 137 cm³/mol. The molecule has 0 atom stereocenters. The van der Waals surface area contributed by atoms with Crippen LogP contribution >= 0.6 is 23.1 Å². The highest BCUT2D eigenvalue weighted by Gasteiger charge is 2.35. The summed E-state index contributed by atoms with van der Waals surface area (Å²) in [6, 6.07) is 0.507. The number of aromatic nitrogens is 1. The van der Waals surface area contributed by atoms with Crippen LogP contribution in [0.5, 0.6) is 0 Å². The first-order chi connectivity index (χ1) is 16.3. The lowest BCUT2D eigenvalue weighted by molar-refractivity contribution is -0.138. The molecule has 2 amide bonds. The van der Waals surface area contributed by atoms with Crippen LogP contribution in [0, 0.1) is 11.8 Å². The first-order valence-electron chi connectivity index (χ1n) is 12.9. The Balaban J connectivity index is 1.35. The second kappa shape index (κ2) is 11.6. The predicted octanol–water partition coefficient (Wildman–Crippen LogP) is 6.25. The van der Waals surface area contributed by atoms with Gasteiger partial charge in [-0.25, -0.2) is 9.78 Å². The van der Waals surface area contributed by atoms with E-state index in [1.807, 2.05) is 0 Å². The van der Waals surface area contributed by atoms with Crippen molar-refractivity contribution in [3.63, 3.8) is 0 Å². The van der Waals surface area contributed by atoms with Crippen molar-refractivity contribution in [3.8, 4) is 0 Å². The number of anilines is 1. The highest BCUT2D eigenvalue weighted by Crippen LogP contribution is 2.38. The van der Waals surface area contributed by atoms with Crippen molar-refractivity contribution in [3.05, 3.63) is 6.20 Å². The van der Waals surface area contributed by atoms with Crippen LogP contribution in [0.15, 0.2) is 10.4 Å². The minimum absolute atomic E-state index is 0.0521. The number of thiazole rings is 1. The summed E-state index contributed by atoms with van der Waals surface area (Å²) in [6.07, 6.45) is 14.4. The fraction of sp³-hybridized carbons (Fsp3) is 0.800. The number of nitrogens with zero attached hydrogens (tertiary/aromatic N) is 2. The summed E-state index contributed by atoms with van der Waals surface area (Å²) in [4.78, 5) is 31.4. The van der Waals surface area contributed by atoms with Crippen LogP contribution in [0.4, 0.5) is 9.93 Å². The fourth-order valence-corrected chi connectivity index (χ4v) is 7.34. The molecular formula is C25H39N3O4S2. The Morgan fingerprint density at radius 3 is 2.24 bits per heavy atom. The maximum atomic E-state index is 13.5. The van der Waals surface area contributed by atoms with Crippen LogP contribution in [0.1, 0.15) is 84.5 Å². The average molecular weight is 510 g/mol. The monoisotopic (exact) mass is 509 g/mol. The Hall–Kier alpha value is -1.32. The van der Waals surface area contributed by atoms with Crippen LogP contribution in [0.25, 0.3) is 0 Å². The van der Waals surface area contributed by atoms with Crippen LogP contribution in [-0.2, 0) is 9.53 Å². The average Bonchev–Trinajstić information content (AvgIpc) is 3.54. The Kier molecular flexibility index (Phi) is 8.80. The normalized spacial score (nSPS) is 24.1. The maximum absolute atomic E-state index is 13.5. The van der Waals surface area contributed by atoms with Crippen LogP contribution in [-0.4, -0.2) is 57.0 Å². The largest absolute Gasteiger partial charge is 0.480 e. The molecular weight excluding hydrogens is 470 g/mol. The van der Waals surface area contributed by atoms with E-state index < -0.39 is 10.7 Å². The smallest absolute Gasteiger partial charge is 0.324 e. The van der Waals surface area contributed by atoms with Gasteiger partial charge in [0.05, 0.1) is 10.4 Å². The van der Waals surface area contributed by atoms with Gasteiger partial charge < -0.3 is 14.7 Å². The minimum Gasteiger partial charge on any atom is -0.480 e. The molecule has 190 valence electrons. The Labute approximate surface area is 211 Å². The lowest BCUT2D eigenvalue weighted by Crippen LogP contribution is -2.51. The van der Waals surface area contributed by atoms with Crippen molar-refractivity contribution in [1.29, 1.82) is 0 Å². The summed E-state index contributed by atoms with van der Waals surface area (Å²) in [5.74, 6) is 0.553. The zero-order chi connectivity index (χ0) is 24.1. The molecule has 2 N–H and O–H groups in total.